The number of aromatic nitrogens is 1. The standard InChI is InChI=1S/C18H23N3O2/c1-3-5-15-7-6-13(10-14(15)4-2)12-21-9-8-16(11-17(21)22)18(23)20-19/h6-11H,3-5,12,19H2,1-2H3,(H,20,23). The van der Waals surface area contributed by atoms with Gasteiger partial charge in [-0.3, -0.25) is 15.0 Å². The summed E-state index contributed by atoms with van der Waals surface area (Å²) < 4.78 is 1.58. The predicted molar refractivity (Wildman–Crippen MR) is 91.3 cm³/mol. The Morgan fingerprint density at radius 1 is 1.17 bits per heavy atom. The van der Waals surface area contributed by atoms with Crippen LogP contribution >= 0.6 is 0 Å². The predicted octanol–water partition coefficient (Wildman–Crippen LogP) is 2.01. The van der Waals surface area contributed by atoms with Crippen LogP contribution in [0.5, 0.6) is 0 Å². The highest BCUT2D eigenvalue weighted by Crippen LogP contribution is 2.15. The van der Waals surface area contributed by atoms with Gasteiger partial charge in [0.05, 0.1) is 6.54 Å². The number of carbonyl (C=O) groups is 1. The molecule has 23 heavy (non-hydrogen) atoms. The maximum Gasteiger partial charge on any atom is 0.265 e. The van der Waals surface area contributed by atoms with Gasteiger partial charge in [0.2, 0.25) is 0 Å². The van der Waals surface area contributed by atoms with E-state index in [0.29, 0.717) is 6.54 Å². The normalized spacial score (nSPS) is 10.6. The van der Waals surface area contributed by atoms with Crippen LogP contribution in [0.3, 0.4) is 0 Å². The van der Waals surface area contributed by atoms with Crippen molar-refractivity contribution in [2.75, 3.05) is 0 Å². The monoisotopic (exact) mass is 313 g/mol. The molecule has 1 heterocycles. The van der Waals surface area contributed by atoms with Crippen LogP contribution in [0, 0.1) is 0 Å². The maximum absolute atomic E-state index is 12.1. The quantitative estimate of drug-likeness (QED) is 0.486. The Labute approximate surface area is 136 Å². The average molecular weight is 313 g/mol. The number of pyridine rings is 1. The summed E-state index contributed by atoms with van der Waals surface area (Å²) in [6, 6.07) is 9.28. The number of nitrogens with one attached hydrogen (secondary N) is 1. The number of hydrogen-bond donors (Lipinski definition) is 2. The Balaban J connectivity index is 2.25. The van der Waals surface area contributed by atoms with Crippen molar-refractivity contribution in [3.63, 3.8) is 0 Å². The summed E-state index contributed by atoms with van der Waals surface area (Å²) in [5, 5.41) is 0. The summed E-state index contributed by atoms with van der Waals surface area (Å²) in [5.74, 6) is 4.61. The molecule has 0 unspecified atom stereocenters. The van der Waals surface area contributed by atoms with Gasteiger partial charge in [-0.15, -0.1) is 0 Å². The van der Waals surface area contributed by atoms with E-state index >= 15 is 0 Å². The second-order valence-corrected chi connectivity index (χ2v) is 5.56. The van der Waals surface area contributed by atoms with Crippen molar-refractivity contribution in [2.24, 2.45) is 5.84 Å². The molecule has 3 N–H and O–H groups in total. The largest absolute Gasteiger partial charge is 0.311 e. The highest BCUT2D eigenvalue weighted by Gasteiger charge is 2.07. The first kappa shape index (κ1) is 17.0. The zero-order valence-corrected chi connectivity index (χ0v) is 13.6. The Hall–Kier alpha value is -2.40. The minimum atomic E-state index is -0.466. The number of nitrogen functional groups attached to an aromatic ring is 1. The molecule has 2 rings (SSSR count). The molecule has 5 heteroatoms. The fraction of sp³-hybridized carbons (Fsp3) is 0.333. The molecular weight excluding hydrogens is 290 g/mol. The van der Waals surface area contributed by atoms with Crippen LogP contribution in [0.25, 0.3) is 0 Å². The van der Waals surface area contributed by atoms with E-state index in [9.17, 15) is 9.59 Å². The van der Waals surface area contributed by atoms with Crippen molar-refractivity contribution in [1.82, 2.24) is 9.99 Å². The number of hydrogen-bond acceptors (Lipinski definition) is 3. The Bertz CT molecular complexity index is 750. The lowest BCUT2D eigenvalue weighted by molar-refractivity contribution is 0.0953. The summed E-state index contributed by atoms with van der Waals surface area (Å²) in [4.78, 5) is 23.6. The van der Waals surface area contributed by atoms with Gasteiger partial charge in [0, 0.05) is 17.8 Å². The summed E-state index contributed by atoms with van der Waals surface area (Å²) >= 11 is 0. The molecular formula is C18H23N3O2. The van der Waals surface area contributed by atoms with Crippen LogP contribution in [0.1, 0.15) is 47.3 Å². The molecule has 0 saturated heterocycles. The second-order valence-electron chi connectivity index (χ2n) is 5.56. The molecule has 0 aliphatic heterocycles. The summed E-state index contributed by atoms with van der Waals surface area (Å²) in [5.41, 5.74) is 5.86. The van der Waals surface area contributed by atoms with Gasteiger partial charge < -0.3 is 4.57 Å². The molecule has 0 radical (unpaired) electrons. The van der Waals surface area contributed by atoms with Crippen LogP contribution < -0.4 is 16.8 Å². The van der Waals surface area contributed by atoms with Crippen LogP contribution in [0.4, 0.5) is 0 Å². The molecule has 0 saturated carbocycles. The molecule has 0 aliphatic rings. The number of carbonyl (C=O) groups excluding carboxylic acids is 1. The zero-order chi connectivity index (χ0) is 16.8. The Kier molecular flexibility index (Phi) is 5.71. The molecule has 122 valence electrons. The third-order valence-electron chi connectivity index (χ3n) is 3.91. The number of hydrazine groups is 1. The number of nitrogens with two attached hydrogens (primary N) is 1. The minimum Gasteiger partial charge on any atom is -0.311 e. The second kappa shape index (κ2) is 7.74. The number of rotatable bonds is 6. The molecule has 2 aromatic rings. The van der Waals surface area contributed by atoms with Crippen molar-refractivity contribution >= 4 is 5.91 Å². The summed E-state index contributed by atoms with van der Waals surface area (Å²) in [7, 11) is 0. The van der Waals surface area contributed by atoms with E-state index in [4.69, 9.17) is 5.84 Å². The van der Waals surface area contributed by atoms with Gasteiger partial charge >= 0.3 is 0 Å². The van der Waals surface area contributed by atoms with E-state index in [1.807, 2.05) is 5.43 Å². The molecule has 0 fully saturated rings. The lowest BCUT2D eigenvalue weighted by Gasteiger charge is -2.11. The van der Waals surface area contributed by atoms with Crippen LogP contribution in [-0.4, -0.2) is 10.5 Å². The van der Waals surface area contributed by atoms with Gasteiger partial charge in [-0.2, -0.15) is 0 Å². The molecule has 1 aromatic heterocycles. The molecule has 0 spiro atoms. The fourth-order valence-electron chi connectivity index (χ4n) is 2.68. The molecule has 1 amide bonds. The van der Waals surface area contributed by atoms with Gasteiger partial charge in [0.25, 0.3) is 11.5 Å². The molecule has 1 aromatic carbocycles. The van der Waals surface area contributed by atoms with Crippen LogP contribution in [0.2, 0.25) is 0 Å². The van der Waals surface area contributed by atoms with Crippen molar-refractivity contribution in [3.05, 3.63) is 69.1 Å². The highest BCUT2D eigenvalue weighted by atomic mass is 16.2. The smallest absolute Gasteiger partial charge is 0.265 e. The van der Waals surface area contributed by atoms with Gasteiger partial charge in [0.1, 0.15) is 0 Å². The lowest BCUT2D eigenvalue weighted by atomic mass is 9.98. The number of benzene rings is 1. The van der Waals surface area contributed by atoms with Crippen LogP contribution in [-0.2, 0) is 19.4 Å². The van der Waals surface area contributed by atoms with E-state index in [1.54, 1.807) is 16.8 Å². The topological polar surface area (TPSA) is 77.1 Å². The van der Waals surface area contributed by atoms with Crippen molar-refractivity contribution in [2.45, 2.75) is 39.7 Å². The van der Waals surface area contributed by atoms with E-state index < -0.39 is 5.91 Å². The number of nitrogens with zero attached hydrogens (tertiary/aromatic N) is 1. The zero-order valence-electron chi connectivity index (χ0n) is 13.6. The molecule has 0 aliphatic carbocycles. The van der Waals surface area contributed by atoms with Gasteiger partial charge in [-0.25, -0.2) is 5.84 Å². The minimum absolute atomic E-state index is 0.221. The SMILES string of the molecule is CCCc1ccc(Cn2ccc(C(=O)NN)cc2=O)cc1CC. The average Bonchev–Trinajstić information content (AvgIpc) is 2.57. The van der Waals surface area contributed by atoms with E-state index in [0.717, 1.165) is 24.8 Å². The number of amides is 1. The first-order chi connectivity index (χ1) is 11.1. The first-order valence-electron chi connectivity index (χ1n) is 7.91. The number of aryl methyl sites for hydroxylation is 2. The summed E-state index contributed by atoms with van der Waals surface area (Å²) in [6.45, 7) is 4.80. The van der Waals surface area contributed by atoms with Gasteiger partial charge in [-0.05, 0) is 35.6 Å². The van der Waals surface area contributed by atoms with E-state index in [2.05, 4.69) is 32.0 Å². The molecule has 5 nitrogen and oxygen atoms in total. The molecule has 0 bridgehead atoms. The highest BCUT2D eigenvalue weighted by molar-refractivity contribution is 5.93. The van der Waals surface area contributed by atoms with Gasteiger partial charge in [0.15, 0.2) is 0 Å². The van der Waals surface area contributed by atoms with E-state index in [-0.39, 0.29) is 11.1 Å². The third-order valence-corrected chi connectivity index (χ3v) is 3.91. The van der Waals surface area contributed by atoms with Crippen molar-refractivity contribution in [1.29, 1.82) is 0 Å². The van der Waals surface area contributed by atoms with Crippen LogP contribution in [0.15, 0.2) is 41.3 Å². The van der Waals surface area contributed by atoms with E-state index in [1.165, 1.54) is 17.2 Å². The van der Waals surface area contributed by atoms with Crippen molar-refractivity contribution in [3.8, 4) is 0 Å². The third kappa shape index (κ3) is 4.07. The summed E-state index contributed by atoms with van der Waals surface area (Å²) in [6.07, 6.45) is 4.80. The molecule has 0 atom stereocenters. The van der Waals surface area contributed by atoms with Gasteiger partial charge in [-0.1, -0.05) is 38.5 Å². The lowest BCUT2D eigenvalue weighted by Crippen LogP contribution is -2.31. The maximum atomic E-state index is 12.1. The van der Waals surface area contributed by atoms with Crippen molar-refractivity contribution < 1.29 is 4.79 Å². The first-order valence-corrected chi connectivity index (χ1v) is 7.91. The Morgan fingerprint density at radius 3 is 2.57 bits per heavy atom. The Morgan fingerprint density at radius 2 is 1.96 bits per heavy atom. The fourth-order valence-corrected chi connectivity index (χ4v) is 2.68.